The summed E-state index contributed by atoms with van der Waals surface area (Å²) in [5.74, 6) is -1.12. The number of hydrogen-bond acceptors (Lipinski definition) is 6. The number of sulfonamides is 1. The standard InChI is InChI=1S/C13H10FN3O6S/c1-8-2-4-10(7-12(8)16(18)19)24(22,23)15-9-3-5-11(14)13(6-9)17(20)21/h2-7,15H,1H3. The Balaban J connectivity index is 2.42. The lowest BCUT2D eigenvalue weighted by Crippen LogP contribution is -2.13. The Kier molecular flexibility index (Phi) is 4.46. The van der Waals surface area contributed by atoms with E-state index in [2.05, 4.69) is 0 Å². The zero-order valence-electron chi connectivity index (χ0n) is 12.1. The number of hydrogen-bond donors (Lipinski definition) is 1. The maximum atomic E-state index is 13.3. The van der Waals surface area contributed by atoms with E-state index in [1.54, 1.807) is 0 Å². The number of benzene rings is 2. The molecule has 11 heteroatoms. The van der Waals surface area contributed by atoms with Crippen LogP contribution in [0.15, 0.2) is 41.3 Å². The summed E-state index contributed by atoms with van der Waals surface area (Å²) >= 11 is 0. The molecule has 24 heavy (non-hydrogen) atoms. The lowest BCUT2D eigenvalue weighted by atomic mass is 10.2. The first-order chi connectivity index (χ1) is 11.1. The fourth-order valence-corrected chi connectivity index (χ4v) is 2.95. The van der Waals surface area contributed by atoms with E-state index in [0.717, 1.165) is 30.3 Å². The van der Waals surface area contributed by atoms with Gasteiger partial charge in [0.2, 0.25) is 5.82 Å². The molecule has 0 aliphatic carbocycles. The summed E-state index contributed by atoms with van der Waals surface area (Å²) < 4.78 is 39.8. The zero-order chi connectivity index (χ0) is 18.1. The van der Waals surface area contributed by atoms with Crippen molar-refractivity contribution >= 4 is 27.1 Å². The molecule has 0 saturated carbocycles. The molecule has 0 aliphatic rings. The van der Waals surface area contributed by atoms with Crippen molar-refractivity contribution in [2.24, 2.45) is 0 Å². The van der Waals surface area contributed by atoms with Crippen molar-refractivity contribution in [2.45, 2.75) is 11.8 Å². The van der Waals surface area contributed by atoms with Crippen LogP contribution in [0.2, 0.25) is 0 Å². The topological polar surface area (TPSA) is 132 Å². The van der Waals surface area contributed by atoms with Crippen LogP contribution in [-0.2, 0) is 10.0 Å². The monoisotopic (exact) mass is 355 g/mol. The molecule has 0 aliphatic heterocycles. The largest absolute Gasteiger partial charge is 0.306 e. The van der Waals surface area contributed by atoms with Crippen LogP contribution in [-0.4, -0.2) is 18.3 Å². The van der Waals surface area contributed by atoms with Gasteiger partial charge in [-0.2, -0.15) is 4.39 Å². The first-order valence-corrected chi connectivity index (χ1v) is 7.82. The number of nitrogens with zero attached hydrogens (tertiary/aromatic N) is 2. The molecule has 0 fully saturated rings. The molecule has 0 atom stereocenters. The van der Waals surface area contributed by atoms with Crippen LogP contribution >= 0.6 is 0 Å². The molecule has 126 valence electrons. The Labute approximate surface area is 135 Å². The molecule has 0 spiro atoms. The van der Waals surface area contributed by atoms with Gasteiger partial charge in [0.05, 0.1) is 20.4 Å². The first kappa shape index (κ1) is 17.3. The highest BCUT2D eigenvalue weighted by Gasteiger charge is 2.22. The lowest BCUT2D eigenvalue weighted by molar-refractivity contribution is -0.387. The van der Waals surface area contributed by atoms with Crippen molar-refractivity contribution in [2.75, 3.05) is 4.72 Å². The predicted octanol–water partition coefficient (Wildman–Crippen LogP) is 2.75. The molecular weight excluding hydrogens is 345 g/mol. The molecule has 2 rings (SSSR count). The first-order valence-electron chi connectivity index (χ1n) is 6.33. The van der Waals surface area contributed by atoms with Crippen LogP contribution in [0.1, 0.15) is 5.56 Å². The van der Waals surface area contributed by atoms with Gasteiger partial charge in [-0.15, -0.1) is 0 Å². The summed E-state index contributed by atoms with van der Waals surface area (Å²) in [5, 5.41) is 21.6. The summed E-state index contributed by atoms with van der Waals surface area (Å²) in [6, 6.07) is 5.75. The molecule has 0 amide bonds. The van der Waals surface area contributed by atoms with Crippen LogP contribution < -0.4 is 4.72 Å². The summed E-state index contributed by atoms with van der Waals surface area (Å²) in [6.07, 6.45) is 0. The molecule has 0 unspecified atom stereocenters. The Bertz CT molecular complexity index is 945. The van der Waals surface area contributed by atoms with Gasteiger partial charge in [-0.3, -0.25) is 25.0 Å². The second-order valence-electron chi connectivity index (χ2n) is 4.73. The number of rotatable bonds is 5. The Morgan fingerprint density at radius 3 is 2.21 bits per heavy atom. The molecule has 0 heterocycles. The Morgan fingerprint density at radius 2 is 1.62 bits per heavy atom. The minimum Gasteiger partial charge on any atom is -0.279 e. The maximum absolute atomic E-state index is 13.3. The van der Waals surface area contributed by atoms with Crippen LogP contribution in [0.5, 0.6) is 0 Å². The average Bonchev–Trinajstić information content (AvgIpc) is 2.48. The minimum atomic E-state index is -4.24. The zero-order valence-corrected chi connectivity index (χ0v) is 12.9. The quantitative estimate of drug-likeness (QED) is 0.647. The summed E-state index contributed by atoms with van der Waals surface area (Å²) in [4.78, 5) is 19.5. The molecule has 0 saturated heterocycles. The van der Waals surface area contributed by atoms with E-state index < -0.39 is 36.3 Å². The van der Waals surface area contributed by atoms with E-state index >= 15 is 0 Å². The Hall–Kier alpha value is -3.08. The van der Waals surface area contributed by atoms with Gasteiger partial charge in [-0.05, 0) is 25.1 Å². The minimum absolute atomic E-state index is 0.244. The van der Waals surface area contributed by atoms with Gasteiger partial charge in [-0.1, -0.05) is 6.07 Å². The number of halogens is 1. The number of nitro benzene ring substituents is 2. The van der Waals surface area contributed by atoms with Crippen LogP contribution in [0.4, 0.5) is 21.5 Å². The molecule has 0 radical (unpaired) electrons. The number of nitro groups is 2. The van der Waals surface area contributed by atoms with E-state index in [0.29, 0.717) is 0 Å². The average molecular weight is 355 g/mol. The summed E-state index contributed by atoms with van der Waals surface area (Å²) in [5.41, 5.74) is -1.25. The molecular formula is C13H10FN3O6S. The number of anilines is 1. The lowest BCUT2D eigenvalue weighted by Gasteiger charge is -2.08. The molecule has 2 aromatic carbocycles. The van der Waals surface area contributed by atoms with Crippen molar-refractivity contribution in [3.05, 3.63) is 68.0 Å². The summed E-state index contributed by atoms with van der Waals surface area (Å²) in [7, 11) is -4.24. The van der Waals surface area contributed by atoms with Gasteiger partial charge in [-0.25, -0.2) is 8.42 Å². The second-order valence-corrected chi connectivity index (χ2v) is 6.42. The molecule has 2 aromatic rings. The van der Waals surface area contributed by atoms with E-state index in [9.17, 15) is 33.0 Å². The van der Waals surface area contributed by atoms with Gasteiger partial charge >= 0.3 is 5.69 Å². The van der Waals surface area contributed by atoms with E-state index in [4.69, 9.17) is 0 Å². The van der Waals surface area contributed by atoms with Crippen molar-refractivity contribution in [1.29, 1.82) is 0 Å². The number of nitrogens with one attached hydrogen (secondary N) is 1. The van der Waals surface area contributed by atoms with E-state index in [-0.39, 0.29) is 16.9 Å². The Morgan fingerprint density at radius 1 is 1.00 bits per heavy atom. The number of aryl methyl sites for hydroxylation is 1. The summed E-state index contributed by atoms with van der Waals surface area (Å²) in [6.45, 7) is 1.45. The van der Waals surface area contributed by atoms with Crippen LogP contribution in [0.3, 0.4) is 0 Å². The fraction of sp³-hybridized carbons (Fsp3) is 0.0769. The highest BCUT2D eigenvalue weighted by atomic mass is 32.2. The van der Waals surface area contributed by atoms with Crippen molar-refractivity contribution < 1.29 is 22.7 Å². The molecule has 0 bridgehead atoms. The third-order valence-electron chi connectivity index (χ3n) is 3.08. The normalized spacial score (nSPS) is 11.1. The smallest absolute Gasteiger partial charge is 0.279 e. The van der Waals surface area contributed by atoms with Gasteiger partial charge in [0.15, 0.2) is 0 Å². The van der Waals surface area contributed by atoms with Gasteiger partial charge in [0.1, 0.15) is 0 Å². The van der Waals surface area contributed by atoms with Gasteiger partial charge in [0, 0.05) is 17.7 Å². The predicted molar refractivity (Wildman–Crippen MR) is 81.7 cm³/mol. The SMILES string of the molecule is Cc1ccc(S(=O)(=O)Nc2ccc(F)c([N+](=O)[O-])c2)cc1[N+](=O)[O-]. The van der Waals surface area contributed by atoms with Crippen LogP contribution in [0.25, 0.3) is 0 Å². The van der Waals surface area contributed by atoms with Crippen molar-refractivity contribution in [3.63, 3.8) is 0 Å². The highest BCUT2D eigenvalue weighted by Crippen LogP contribution is 2.26. The van der Waals surface area contributed by atoms with Crippen molar-refractivity contribution in [3.8, 4) is 0 Å². The van der Waals surface area contributed by atoms with Crippen LogP contribution in [0, 0.1) is 33.0 Å². The third kappa shape index (κ3) is 3.46. The van der Waals surface area contributed by atoms with E-state index in [1.165, 1.54) is 13.0 Å². The van der Waals surface area contributed by atoms with Gasteiger partial charge in [0.25, 0.3) is 15.7 Å². The van der Waals surface area contributed by atoms with Gasteiger partial charge < -0.3 is 0 Å². The second kappa shape index (κ2) is 6.20. The third-order valence-corrected chi connectivity index (χ3v) is 4.46. The molecule has 9 nitrogen and oxygen atoms in total. The highest BCUT2D eigenvalue weighted by molar-refractivity contribution is 7.92. The fourth-order valence-electron chi connectivity index (χ4n) is 1.88. The van der Waals surface area contributed by atoms with E-state index in [1.807, 2.05) is 4.72 Å². The maximum Gasteiger partial charge on any atom is 0.306 e. The van der Waals surface area contributed by atoms with Crippen molar-refractivity contribution in [1.82, 2.24) is 0 Å². The molecule has 1 N–H and O–H groups in total. The molecule has 0 aromatic heterocycles.